The molecule has 4 N–H and O–H groups in total. The molecule has 0 bridgehead atoms. The van der Waals surface area contributed by atoms with E-state index in [0.29, 0.717) is 37.3 Å². The molecule has 0 aliphatic heterocycles. The first-order chi connectivity index (χ1) is 8.86. The van der Waals surface area contributed by atoms with Crippen LogP contribution in [-0.4, -0.2) is 38.2 Å². The van der Waals surface area contributed by atoms with Crippen LogP contribution >= 0.6 is 0 Å². The van der Waals surface area contributed by atoms with E-state index in [1.807, 2.05) is 0 Å². The maximum absolute atomic E-state index is 10.7. The number of hydrogen-bond acceptors (Lipinski definition) is 6. The summed E-state index contributed by atoms with van der Waals surface area (Å²) in [6, 6.07) is 0. The summed E-state index contributed by atoms with van der Waals surface area (Å²) >= 11 is 0. The van der Waals surface area contributed by atoms with Crippen molar-refractivity contribution in [2.45, 2.75) is 20.3 Å². The Hall–Kier alpha value is -1.66. The van der Waals surface area contributed by atoms with E-state index in [1.165, 1.54) is 0 Å². The molecule has 0 aromatic rings. The van der Waals surface area contributed by atoms with Crippen molar-refractivity contribution < 1.29 is 19.1 Å². The highest BCUT2D eigenvalue weighted by atomic mass is 16.5. The van der Waals surface area contributed by atoms with Crippen LogP contribution in [0.4, 0.5) is 0 Å². The Kier molecular flexibility index (Phi) is 13.2. The van der Waals surface area contributed by atoms with Crippen molar-refractivity contribution in [3.05, 3.63) is 24.3 Å². The average molecular weight is 272 g/mol. The smallest absolute Gasteiger partial charge is 0.333 e. The van der Waals surface area contributed by atoms with Crippen LogP contribution in [0, 0.1) is 0 Å². The van der Waals surface area contributed by atoms with E-state index in [2.05, 4.69) is 17.9 Å². The summed E-state index contributed by atoms with van der Waals surface area (Å²) in [7, 11) is 0. The Balaban J connectivity index is 0. The molecule has 0 fully saturated rings. The van der Waals surface area contributed by atoms with Crippen LogP contribution in [0.3, 0.4) is 0 Å². The van der Waals surface area contributed by atoms with Crippen molar-refractivity contribution in [2.75, 3.05) is 26.3 Å². The first-order valence-electron chi connectivity index (χ1n) is 5.92. The highest BCUT2D eigenvalue weighted by Crippen LogP contribution is 1.92. The largest absolute Gasteiger partial charge is 0.462 e. The van der Waals surface area contributed by atoms with Crippen molar-refractivity contribution >= 4 is 11.9 Å². The molecule has 0 aromatic heterocycles. The fraction of sp³-hybridized carbons (Fsp3) is 0.538. The monoisotopic (exact) mass is 272 g/mol. The highest BCUT2D eigenvalue weighted by molar-refractivity contribution is 5.87. The van der Waals surface area contributed by atoms with Gasteiger partial charge in [0.1, 0.15) is 6.61 Å². The summed E-state index contributed by atoms with van der Waals surface area (Å²) in [5.74, 6) is -0.714. The minimum absolute atomic E-state index is 0.270. The van der Waals surface area contributed by atoms with E-state index in [1.54, 1.807) is 13.8 Å². The normalized spacial score (nSPS) is 8.84. The molecule has 0 heterocycles. The minimum atomic E-state index is -0.375. The van der Waals surface area contributed by atoms with Gasteiger partial charge in [-0.15, -0.1) is 0 Å². The Morgan fingerprint density at radius 1 is 0.895 bits per heavy atom. The molecule has 0 spiro atoms. The van der Waals surface area contributed by atoms with Gasteiger partial charge in [-0.05, 0) is 26.8 Å². The van der Waals surface area contributed by atoms with E-state index in [9.17, 15) is 9.59 Å². The number of esters is 2. The number of carbonyl (C=O) groups is 2. The van der Waals surface area contributed by atoms with Gasteiger partial charge in [0.15, 0.2) is 0 Å². The summed E-state index contributed by atoms with van der Waals surface area (Å²) < 4.78 is 9.31. The van der Waals surface area contributed by atoms with Gasteiger partial charge in [-0.1, -0.05) is 13.2 Å². The van der Waals surface area contributed by atoms with Gasteiger partial charge < -0.3 is 20.9 Å². The quantitative estimate of drug-likeness (QED) is 0.398. The summed E-state index contributed by atoms with van der Waals surface area (Å²) in [4.78, 5) is 21.2. The molecule has 0 unspecified atom stereocenters. The third-order valence-electron chi connectivity index (χ3n) is 1.63. The maximum Gasteiger partial charge on any atom is 0.333 e. The zero-order chi connectivity index (χ0) is 15.3. The topological polar surface area (TPSA) is 105 Å². The number of hydrogen-bond donors (Lipinski definition) is 2. The van der Waals surface area contributed by atoms with Gasteiger partial charge in [0.05, 0.1) is 6.61 Å². The number of carbonyl (C=O) groups excluding carboxylic acids is 2. The van der Waals surface area contributed by atoms with E-state index in [0.717, 1.165) is 0 Å². The predicted octanol–water partition coefficient (Wildman–Crippen LogP) is 0.519. The van der Waals surface area contributed by atoms with E-state index < -0.39 is 0 Å². The van der Waals surface area contributed by atoms with Crippen LogP contribution in [0.5, 0.6) is 0 Å². The van der Waals surface area contributed by atoms with Gasteiger partial charge >= 0.3 is 11.9 Å². The Morgan fingerprint density at radius 3 is 1.63 bits per heavy atom. The second-order valence-electron chi connectivity index (χ2n) is 3.76. The molecule has 0 rings (SSSR count). The van der Waals surface area contributed by atoms with Crippen molar-refractivity contribution in [3.63, 3.8) is 0 Å². The first-order valence-corrected chi connectivity index (χ1v) is 5.92. The van der Waals surface area contributed by atoms with Crippen LogP contribution in [0.1, 0.15) is 20.3 Å². The molecule has 0 aromatic carbocycles. The molecule has 0 radical (unpaired) electrons. The summed E-state index contributed by atoms with van der Waals surface area (Å²) in [6.45, 7) is 11.6. The van der Waals surface area contributed by atoms with E-state index in [-0.39, 0.29) is 18.5 Å². The average Bonchev–Trinajstić information content (AvgIpc) is 2.36. The lowest BCUT2D eigenvalue weighted by atomic mass is 10.4. The molecular formula is C13H24N2O4. The van der Waals surface area contributed by atoms with Gasteiger partial charge in [-0.25, -0.2) is 9.59 Å². The molecule has 6 heteroatoms. The van der Waals surface area contributed by atoms with E-state index in [4.69, 9.17) is 16.2 Å². The molecule has 6 nitrogen and oxygen atoms in total. The van der Waals surface area contributed by atoms with Crippen LogP contribution in [0.2, 0.25) is 0 Å². The lowest BCUT2D eigenvalue weighted by Crippen LogP contribution is -2.13. The molecule has 0 amide bonds. The van der Waals surface area contributed by atoms with Crippen molar-refractivity contribution in [3.8, 4) is 0 Å². The second kappa shape index (κ2) is 12.8. The van der Waals surface area contributed by atoms with Crippen LogP contribution in [0.25, 0.3) is 0 Å². The first kappa shape index (κ1) is 19.7. The highest BCUT2D eigenvalue weighted by Gasteiger charge is 2.00. The summed E-state index contributed by atoms with van der Waals surface area (Å²) in [5, 5.41) is 0. The van der Waals surface area contributed by atoms with Gasteiger partial charge in [0, 0.05) is 17.7 Å². The third-order valence-corrected chi connectivity index (χ3v) is 1.63. The molecule has 0 aliphatic rings. The molecule has 0 saturated heterocycles. The molecule has 110 valence electrons. The SMILES string of the molecule is C=C(C)C(=O)OCCCN.C=C(C)C(=O)OCCN. The molecule has 0 aliphatic carbocycles. The lowest BCUT2D eigenvalue weighted by molar-refractivity contribution is -0.139. The fourth-order valence-electron chi connectivity index (χ4n) is 0.646. The Labute approximate surface area is 114 Å². The van der Waals surface area contributed by atoms with Crippen molar-refractivity contribution in [1.82, 2.24) is 0 Å². The van der Waals surface area contributed by atoms with Crippen LogP contribution in [-0.2, 0) is 19.1 Å². The molecule has 19 heavy (non-hydrogen) atoms. The number of rotatable bonds is 7. The Morgan fingerprint density at radius 2 is 1.32 bits per heavy atom. The van der Waals surface area contributed by atoms with E-state index >= 15 is 0 Å². The lowest BCUT2D eigenvalue weighted by Gasteiger charge is -2.01. The maximum atomic E-state index is 10.7. The second-order valence-corrected chi connectivity index (χ2v) is 3.76. The van der Waals surface area contributed by atoms with Crippen molar-refractivity contribution in [2.24, 2.45) is 11.5 Å². The van der Waals surface area contributed by atoms with Gasteiger partial charge in [-0.2, -0.15) is 0 Å². The summed E-state index contributed by atoms with van der Waals surface area (Å²) in [6.07, 6.45) is 0.707. The van der Waals surface area contributed by atoms with Gasteiger partial charge in [-0.3, -0.25) is 0 Å². The summed E-state index contributed by atoms with van der Waals surface area (Å²) in [5.41, 5.74) is 11.1. The number of ether oxygens (including phenoxy) is 2. The fourth-order valence-corrected chi connectivity index (χ4v) is 0.646. The molecule has 0 atom stereocenters. The molecular weight excluding hydrogens is 248 g/mol. The van der Waals surface area contributed by atoms with Crippen LogP contribution < -0.4 is 11.5 Å². The predicted molar refractivity (Wildman–Crippen MR) is 74.3 cm³/mol. The standard InChI is InChI=1S/C7H13NO2.C6H11NO2/c1-6(2)7(9)10-5-3-4-8;1-5(2)6(8)9-4-3-7/h1,3-5,8H2,2H3;1,3-4,7H2,2H3. The molecule has 0 saturated carbocycles. The third kappa shape index (κ3) is 14.3. The minimum Gasteiger partial charge on any atom is -0.462 e. The Bertz CT molecular complexity index is 314. The van der Waals surface area contributed by atoms with Crippen molar-refractivity contribution in [1.29, 1.82) is 0 Å². The van der Waals surface area contributed by atoms with Gasteiger partial charge in [0.25, 0.3) is 0 Å². The zero-order valence-electron chi connectivity index (χ0n) is 11.7. The zero-order valence-corrected chi connectivity index (χ0v) is 11.7. The van der Waals surface area contributed by atoms with Gasteiger partial charge in [0.2, 0.25) is 0 Å². The number of nitrogens with two attached hydrogens (primary N) is 2. The van der Waals surface area contributed by atoms with Crippen LogP contribution in [0.15, 0.2) is 24.3 Å².